The van der Waals surface area contributed by atoms with Gasteiger partial charge >= 0.3 is 0 Å². The molecule has 1 unspecified atom stereocenters. The van der Waals surface area contributed by atoms with Crippen LogP contribution in [0, 0.1) is 13.8 Å². The molecule has 0 saturated heterocycles. The van der Waals surface area contributed by atoms with Crippen LogP contribution in [0.5, 0.6) is 0 Å². The van der Waals surface area contributed by atoms with Crippen molar-refractivity contribution >= 4 is 26.9 Å². The highest BCUT2D eigenvalue weighted by molar-refractivity contribution is 9.10. The second kappa shape index (κ2) is 5.08. The van der Waals surface area contributed by atoms with Gasteiger partial charge in [0.2, 0.25) is 0 Å². The summed E-state index contributed by atoms with van der Waals surface area (Å²) < 4.78 is 6.83. The predicted molar refractivity (Wildman–Crippen MR) is 83.9 cm³/mol. The maximum Gasteiger partial charge on any atom is 0.138 e. The van der Waals surface area contributed by atoms with Gasteiger partial charge in [-0.15, -0.1) is 0 Å². The average Bonchev–Trinajstić information content (AvgIpc) is 2.87. The lowest BCUT2D eigenvalue weighted by Gasteiger charge is -2.12. The second-order valence-electron chi connectivity index (χ2n) is 5.00. The highest BCUT2D eigenvalue weighted by Crippen LogP contribution is 2.32. The van der Waals surface area contributed by atoms with Crippen LogP contribution in [-0.2, 0) is 0 Å². The Labute approximate surface area is 126 Å². The van der Waals surface area contributed by atoms with E-state index < -0.39 is 6.10 Å². The Morgan fingerprint density at radius 2 is 1.85 bits per heavy atom. The van der Waals surface area contributed by atoms with Gasteiger partial charge in [0.05, 0.1) is 0 Å². The number of rotatable bonds is 2. The summed E-state index contributed by atoms with van der Waals surface area (Å²) in [6.45, 7) is 3.99. The Kier molecular flexibility index (Phi) is 3.40. The van der Waals surface area contributed by atoms with Gasteiger partial charge in [-0.05, 0) is 42.7 Å². The molecule has 2 nitrogen and oxygen atoms in total. The number of halogens is 1. The minimum Gasteiger partial charge on any atom is -0.458 e. The maximum atomic E-state index is 10.6. The van der Waals surface area contributed by atoms with Crippen LogP contribution in [0.15, 0.2) is 51.4 Å². The normalized spacial score (nSPS) is 12.8. The monoisotopic (exact) mass is 330 g/mol. The third-order valence-corrected chi connectivity index (χ3v) is 4.49. The first kappa shape index (κ1) is 13.4. The molecule has 1 heterocycles. The smallest absolute Gasteiger partial charge is 0.138 e. The molecule has 3 heteroatoms. The van der Waals surface area contributed by atoms with Gasteiger partial charge in [-0.2, -0.15) is 0 Å². The average molecular weight is 331 g/mol. The summed E-state index contributed by atoms with van der Waals surface area (Å²) in [6, 6.07) is 13.7. The van der Waals surface area contributed by atoms with E-state index in [1.807, 2.05) is 56.3 Å². The molecule has 0 saturated carbocycles. The van der Waals surface area contributed by atoms with Crippen molar-refractivity contribution in [2.75, 3.05) is 0 Å². The van der Waals surface area contributed by atoms with Crippen molar-refractivity contribution in [1.29, 1.82) is 0 Å². The van der Waals surface area contributed by atoms with E-state index in [-0.39, 0.29) is 0 Å². The molecular weight excluding hydrogens is 316 g/mol. The standard InChI is InChI=1S/C17H15BrO2/c1-10-5-3-6-12-9-15(20-17(10)12)16(19)13-7-4-8-14(18)11(13)2/h3-9,16,19H,1-2H3. The first-order valence-electron chi connectivity index (χ1n) is 6.50. The van der Waals surface area contributed by atoms with Crippen LogP contribution >= 0.6 is 15.9 Å². The molecule has 3 aromatic rings. The van der Waals surface area contributed by atoms with E-state index in [2.05, 4.69) is 15.9 Å². The van der Waals surface area contributed by atoms with E-state index in [0.717, 1.165) is 32.1 Å². The van der Waals surface area contributed by atoms with E-state index in [4.69, 9.17) is 4.42 Å². The second-order valence-corrected chi connectivity index (χ2v) is 5.85. The molecule has 0 aliphatic carbocycles. The largest absolute Gasteiger partial charge is 0.458 e. The zero-order chi connectivity index (χ0) is 14.3. The van der Waals surface area contributed by atoms with Crippen molar-refractivity contribution < 1.29 is 9.52 Å². The van der Waals surface area contributed by atoms with Gasteiger partial charge in [-0.3, -0.25) is 0 Å². The van der Waals surface area contributed by atoms with Gasteiger partial charge in [-0.25, -0.2) is 0 Å². The zero-order valence-corrected chi connectivity index (χ0v) is 12.9. The SMILES string of the molecule is Cc1c(Br)cccc1C(O)c1cc2cccc(C)c2o1. The minimum absolute atomic E-state index is 0.579. The summed E-state index contributed by atoms with van der Waals surface area (Å²) in [4.78, 5) is 0. The van der Waals surface area contributed by atoms with Crippen molar-refractivity contribution in [3.05, 3.63) is 69.4 Å². The van der Waals surface area contributed by atoms with Crippen molar-refractivity contribution in [3.63, 3.8) is 0 Å². The number of furan rings is 1. The molecule has 0 aliphatic rings. The van der Waals surface area contributed by atoms with Crippen LogP contribution in [-0.4, -0.2) is 5.11 Å². The minimum atomic E-state index is -0.751. The molecule has 3 rings (SSSR count). The fourth-order valence-electron chi connectivity index (χ4n) is 2.44. The highest BCUT2D eigenvalue weighted by Gasteiger charge is 2.18. The van der Waals surface area contributed by atoms with Crippen LogP contribution in [0.4, 0.5) is 0 Å². The lowest BCUT2D eigenvalue weighted by molar-refractivity contribution is 0.191. The molecule has 0 aliphatic heterocycles. The quantitative estimate of drug-likeness (QED) is 0.725. The van der Waals surface area contributed by atoms with Crippen LogP contribution in [0.25, 0.3) is 11.0 Å². The van der Waals surface area contributed by atoms with Crippen LogP contribution in [0.2, 0.25) is 0 Å². The van der Waals surface area contributed by atoms with E-state index in [0.29, 0.717) is 5.76 Å². The summed E-state index contributed by atoms with van der Waals surface area (Å²) in [7, 11) is 0. The maximum absolute atomic E-state index is 10.6. The van der Waals surface area contributed by atoms with Crippen molar-refractivity contribution in [3.8, 4) is 0 Å². The first-order valence-corrected chi connectivity index (χ1v) is 7.29. The Morgan fingerprint density at radius 1 is 1.10 bits per heavy atom. The van der Waals surface area contributed by atoms with Gasteiger partial charge < -0.3 is 9.52 Å². The van der Waals surface area contributed by atoms with Crippen LogP contribution < -0.4 is 0 Å². The Morgan fingerprint density at radius 3 is 2.60 bits per heavy atom. The third-order valence-electron chi connectivity index (χ3n) is 3.63. The summed E-state index contributed by atoms with van der Waals surface area (Å²) in [6.07, 6.45) is -0.751. The molecule has 1 N–H and O–H groups in total. The molecule has 2 aromatic carbocycles. The molecule has 0 amide bonds. The number of fused-ring (bicyclic) bond motifs is 1. The topological polar surface area (TPSA) is 33.4 Å². The number of aliphatic hydroxyl groups excluding tert-OH is 1. The molecule has 0 spiro atoms. The number of benzene rings is 2. The fraction of sp³-hybridized carbons (Fsp3) is 0.176. The summed E-state index contributed by atoms with van der Waals surface area (Å²) in [5, 5.41) is 11.6. The van der Waals surface area contributed by atoms with Crippen molar-refractivity contribution in [1.82, 2.24) is 0 Å². The number of aliphatic hydroxyl groups is 1. The number of hydrogen-bond acceptors (Lipinski definition) is 2. The molecule has 102 valence electrons. The molecule has 0 fully saturated rings. The van der Waals surface area contributed by atoms with Crippen LogP contribution in [0.3, 0.4) is 0 Å². The lowest BCUT2D eigenvalue weighted by atomic mass is 10.0. The van der Waals surface area contributed by atoms with Gasteiger partial charge in [0.1, 0.15) is 17.4 Å². The number of aryl methyl sites for hydroxylation is 1. The van der Waals surface area contributed by atoms with E-state index in [1.54, 1.807) is 0 Å². The third kappa shape index (κ3) is 2.17. The van der Waals surface area contributed by atoms with Crippen molar-refractivity contribution in [2.45, 2.75) is 20.0 Å². The van der Waals surface area contributed by atoms with E-state index in [1.165, 1.54) is 0 Å². The molecule has 1 atom stereocenters. The van der Waals surface area contributed by atoms with Gasteiger partial charge in [0.25, 0.3) is 0 Å². The van der Waals surface area contributed by atoms with E-state index >= 15 is 0 Å². The molecular formula is C17H15BrO2. The van der Waals surface area contributed by atoms with Gasteiger partial charge in [-0.1, -0.05) is 46.3 Å². The molecule has 0 radical (unpaired) electrons. The molecule has 1 aromatic heterocycles. The lowest BCUT2D eigenvalue weighted by Crippen LogP contribution is -2.00. The van der Waals surface area contributed by atoms with Gasteiger partial charge in [0, 0.05) is 9.86 Å². The first-order chi connectivity index (χ1) is 9.58. The fourth-order valence-corrected chi connectivity index (χ4v) is 2.82. The highest BCUT2D eigenvalue weighted by atomic mass is 79.9. The Bertz CT molecular complexity index is 774. The van der Waals surface area contributed by atoms with Crippen LogP contribution in [0.1, 0.15) is 28.6 Å². The summed E-state index contributed by atoms with van der Waals surface area (Å²) >= 11 is 3.49. The van der Waals surface area contributed by atoms with Crippen molar-refractivity contribution in [2.24, 2.45) is 0 Å². The Balaban J connectivity index is 2.10. The zero-order valence-electron chi connectivity index (χ0n) is 11.4. The van der Waals surface area contributed by atoms with E-state index in [9.17, 15) is 5.11 Å². The molecule has 0 bridgehead atoms. The van der Waals surface area contributed by atoms with Gasteiger partial charge in [0.15, 0.2) is 0 Å². The molecule has 20 heavy (non-hydrogen) atoms. The Hall–Kier alpha value is -1.58. The number of hydrogen-bond donors (Lipinski definition) is 1. The number of para-hydroxylation sites is 1. The summed E-state index contributed by atoms with van der Waals surface area (Å²) in [5.41, 5.74) is 3.80. The predicted octanol–water partition coefficient (Wildman–Crippen LogP) is 4.89. The summed E-state index contributed by atoms with van der Waals surface area (Å²) in [5.74, 6) is 0.579.